The van der Waals surface area contributed by atoms with Gasteiger partial charge in [-0.2, -0.15) is 0 Å². The zero-order valence-electron chi connectivity index (χ0n) is 7.95. The molecule has 5 heteroatoms. The van der Waals surface area contributed by atoms with E-state index in [4.69, 9.17) is 16.0 Å². The predicted molar refractivity (Wildman–Crippen MR) is 54.1 cm³/mol. The number of rotatable bonds is 2. The summed E-state index contributed by atoms with van der Waals surface area (Å²) in [6.07, 6.45) is -0.201. The Bertz CT molecular complexity index is 497. The van der Waals surface area contributed by atoms with Gasteiger partial charge in [-0.25, -0.2) is 8.78 Å². The van der Waals surface area contributed by atoms with Crippen molar-refractivity contribution in [2.24, 2.45) is 0 Å². The molecule has 0 spiro atoms. The molecular formula is C11H7ClF2O2. The van der Waals surface area contributed by atoms with Crippen LogP contribution in [0.15, 0.2) is 34.9 Å². The fraction of sp³-hybridized carbons (Fsp3) is 0.0909. The van der Waals surface area contributed by atoms with Crippen LogP contribution in [-0.2, 0) is 0 Å². The SMILES string of the molecule is OC(c1ccco1)c1c(F)ccc(Cl)c1F. The topological polar surface area (TPSA) is 33.4 Å². The van der Waals surface area contributed by atoms with Gasteiger partial charge in [0.05, 0.1) is 16.8 Å². The summed E-state index contributed by atoms with van der Waals surface area (Å²) in [5.41, 5.74) is -0.512. The smallest absolute Gasteiger partial charge is 0.150 e. The first-order valence-electron chi connectivity index (χ1n) is 4.46. The average molecular weight is 245 g/mol. The number of hydrogen-bond donors (Lipinski definition) is 1. The number of furan rings is 1. The Kier molecular flexibility index (Phi) is 2.94. The lowest BCUT2D eigenvalue weighted by atomic mass is 10.1. The molecule has 0 amide bonds. The van der Waals surface area contributed by atoms with Gasteiger partial charge in [0.15, 0.2) is 5.82 Å². The molecule has 16 heavy (non-hydrogen) atoms. The summed E-state index contributed by atoms with van der Waals surface area (Å²) in [5.74, 6) is -1.79. The fourth-order valence-electron chi connectivity index (χ4n) is 1.38. The summed E-state index contributed by atoms with van der Waals surface area (Å²) in [6.45, 7) is 0. The lowest BCUT2D eigenvalue weighted by Gasteiger charge is -2.11. The van der Waals surface area contributed by atoms with Crippen molar-refractivity contribution in [3.05, 3.63) is 58.5 Å². The molecule has 2 rings (SSSR count). The van der Waals surface area contributed by atoms with Crippen LogP contribution in [0.4, 0.5) is 8.78 Å². The van der Waals surface area contributed by atoms with Crippen LogP contribution in [0.5, 0.6) is 0 Å². The molecule has 0 radical (unpaired) electrons. The minimum absolute atomic E-state index is 0.0556. The summed E-state index contributed by atoms with van der Waals surface area (Å²) >= 11 is 5.51. The van der Waals surface area contributed by atoms with E-state index >= 15 is 0 Å². The third kappa shape index (κ3) is 1.81. The molecule has 1 aromatic heterocycles. The molecule has 0 bridgehead atoms. The molecule has 0 aliphatic heterocycles. The molecule has 0 saturated heterocycles. The monoisotopic (exact) mass is 244 g/mol. The lowest BCUT2D eigenvalue weighted by Crippen LogP contribution is -2.05. The summed E-state index contributed by atoms with van der Waals surface area (Å²) in [5, 5.41) is 9.49. The number of benzene rings is 1. The van der Waals surface area contributed by atoms with Crippen LogP contribution in [0.1, 0.15) is 17.4 Å². The van der Waals surface area contributed by atoms with Gasteiger partial charge in [-0.1, -0.05) is 11.6 Å². The minimum Gasteiger partial charge on any atom is -0.466 e. The normalized spacial score (nSPS) is 12.8. The highest BCUT2D eigenvalue weighted by Crippen LogP contribution is 2.30. The second-order valence-corrected chi connectivity index (χ2v) is 3.58. The first-order chi connectivity index (χ1) is 7.61. The Hall–Kier alpha value is -1.39. The highest BCUT2D eigenvalue weighted by molar-refractivity contribution is 6.30. The van der Waals surface area contributed by atoms with Crippen LogP contribution in [-0.4, -0.2) is 5.11 Å². The maximum absolute atomic E-state index is 13.5. The lowest BCUT2D eigenvalue weighted by molar-refractivity contribution is 0.179. The van der Waals surface area contributed by atoms with E-state index < -0.39 is 23.3 Å². The molecule has 1 N–H and O–H groups in total. The fourth-order valence-corrected chi connectivity index (χ4v) is 1.55. The van der Waals surface area contributed by atoms with Gasteiger partial charge < -0.3 is 9.52 Å². The van der Waals surface area contributed by atoms with E-state index in [0.29, 0.717) is 0 Å². The van der Waals surface area contributed by atoms with Crippen LogP contribution in [0.2, 0.25) is 5.02 Å². The Balaban J connectivity index is 2.52. The predicted octanol–water partition coefficient (Wildman–Crippen LogP) is 3.29. The Morgan fingerprint density at radius 3 is 2.62 bits per heavy atom. The van der Waals surface area contributed by atoms with Gasteiger partial charge in [-0.15, -0.1) is 0 Å². The highest BCUT2D eigenvalue weighted by atomic mass is 35.5. The van der Waals surface area contributed by atoms with Gasteiger partial charge >= 0.3 is 0 Å². The van der Waals surface area contributed by atoms with Crippen LogP contribution >= 0.6 is 11.6 Å². The van der Waals surface area contributed by atoms with E-state index in [1.165, 1.54) is 18.4 Å². The zero-order chi connectivity index (χ0) is 11.7. The van der Waals surface area contributed by atoms with Crippen molar-refractivity contribution >= 4 is 11.6 Å². The average Bonchev–Trinajstić information content (AvgIpc) is 2.77. The van der Waals surface area contributed by atoms with Crippen molar-refractivity contribution in [2.45, 2.75) is 6.10 Å². The van der Waals surface area contributed by atoms with Gasteiger partial charge in [-0.3, -0.25) is 0 Å². The molecule has 0 aliphatic carbocycles. The first kappa shape index (κ1) is 11.1. The van der Waals surface area contributed by atoms with Crippen molar-refractivity contribution in [3.63, 3.8) is 0 Å². The molecule has 1 unspecified atom stereocenters. The minimum atomic E-state index is -1.51. The van der Waals surface area contributed by atoms with E-state index in [0.717, 1.165) is 12.1 Å². The number of halogens is 3. The van der Waals surface area contributed by atoms with E-state index in [9.17, 15) is 13.9 Å². The Morgan fingerprint density at radius 2 is 2.00 bits per heavy atom. The summed E-state index contributed by atoms with van der Waals surface area (Å²) in [7, 11) is 0. The molecule has 84 valence electrons. The Labute approximate surface area is 95.1 Å². The van der Waals surface area contributed by atoms with Crippen LogP contribution in [0, 0.1) is 11.6 Å². The van der Waals surface area contributed by atoms with Crippen LogP contribution in [0.25, 0.3) is 0 Å². The zero-order valence-corrected chi connectivity index (χ0v) is 8.71. The summed E-state index contributed by atoms with van der Waals surface area (Å²) < 4.78 is 31.8. The standard InChI is InChI=1S/C11H7ClF2O2/c12-6-3-4-7(13)9(10(6)14)11(15)8-2-1-5-16-8/h1-5,11,15H. The maximum atomic E-state index is 13.5. The van der Waals surface area contributed by atoms with E-state index in [2.05, 4.69) is 0 Å². The third-order valence-corrected chi connectivity index (χ3v) is 2.46. The van der Waals surface area contributed by atoms with E-state index in [-0.39, 0.29) is 10.8 Å². The molecule has 0 aliphatic rings. The molecule has 1 heterocycles. The summed E-state index contributed by atoms with van der Waals surface area (Å²) in [6, 6.07) is 5.01. The van der Waals surface area contributed by atoms with E-state index in [1.54, 1.807) is 0 Å². The number of aliphatic hydroxyl groups is 1. The maximum Gasteiger partial charge on any atom is 0.150 e. The second-order valence-electron chi connectivity index (χ2n) is 3.17. The summed E-state index contributed by atoms with van der Waals surface area (Å²) in [4.78, 5) is 0. The molecule has 2 aromatic rings. The molecule has 0 fully saturated rings. The Morgan fingerprint density at radius 1 is 1.25 bits per heavy atom. The molecule has 1 aromatic carbocycles. The first-order valence-corrected chi connectivity index (χ1v) is 4.84. The third-order valence-electron chi connectivity index (χ3n) is 2.17. The van der Waals surface area contributed by atoms with Crippen molar-refractivity contribution in [3.8, 4) is 0 Å². The molecule has 1 atom stereocenters. The quantitative estimate of drug-likeness (QED) is 0.823. The molecule has 2 nitrogen and oxygen atoms in total. The number of aliphatic hydroxyl groups excluding tert-OH is 1. The van der Waals surface area contributed by atoms with Crippen molar-refractivity contribution in [2.75, 3.05) is 0 Å². The van der Waals surface area contributed by atoms with Gasteiger partial charge in [0.2, 0.25) is 0 Å². The molecular weight excluding hydrogens is 238 g/mol. The van der Waals surface area contributed by atoms with Gasteiger partial charge in [-0.05, 0) is 24.3 Å². The van der Waals surface area contributed by atoms with E-state index in [1.807, 2.05) is 0 Å². The number of hydrogen-bond acceptors (Lipinski definition) is 2. The molecule has 0 saturated carbocycles. The van der Waals surface area contributed by atoms with Gasteiger partial charge in [0.1, 0.15) is 17.7 Å². The second kappa shape index (κ2) is 4.23. The van der Waals surface area contributed by atoms with Crippen molar-refractivity contribution < 1.29 is 18.3 Å². The highest BCUT2D eigenvalue weighted by Gasteiger charge is 2.23. The van der Waals surface area contributed by atoms with Crippen LogP contribution in [0.3, 0.4) is 0 Å². The van der Waals surface area contributed by atoms with Gasteiger partial charge in [0, 0.05) is 0 Å². The largest absolute Gasteiger partial charge is 0.466 e. The van der Waals surface area contributed by atoms with Crippen molar-refractivity contribution in [1.29, 1.82) is 0 Å². The van der Waals surface area contributed by atoms with Crippen LogP contribution < -0.4 is 0 Å². The van der Waals surface area contributed by atoms with Crippen molar-refractivity contribution in [1.82, 2.24) is 0 Å². The van der Waals surface area contributed by atoms with Gasteiger partial charge in [0.25, 0.3) is 0 Å².